The number of nitrogens with one attached hydrogen (secondary N) is 1. The van der Waals surface area contributed by atoms with E-state index in [0.29, 0.717) is 16.6 Å². The van der Waals surface area contributed by atoms with Crippen molar-refractivity contribution in [2.75, 3.05) is 25.6 Å². The number of pyridine rings is 1. The maximum atomic E-state index is 12.8. The predicted octanol–water partition coefficient (Wildman–Crippen LogP) is 2.43. The molecule has 1 aromatic carbocycles. The smallest absolute Gasteiger partial charge is 0.389 e. The molecule has 29 heavy (non-hydrogen) atoms. The Balaban J connectivity index is 2.08. The molecule has 1 atom stereocenters. The van der Waals surface area contributed by atoms with E-state index >= 15 is 0 Å². The number of hydrogen-bond acceptors (Lipinski definition) is 6. The molecule has 0 fully saturated rings. The minimum Gasteiger partial charge on any atom is -0.389 e. The van der Waals surface area contributed by atoms with E-state index in [4.69, 9.17) is 4.74 Å². The molecule has 0 radical (unpaired) electrons. The molecule has 0 unspecified atom stereocenters. The third-order valence-corrected chi connectivity index (χ3v) is 4.33. The number of halogens is 3. The zero-order chi connectivity index (χ0) is 21.2. The van der Waals surface area contributed by atoms with Crippen molar-refractivity contribution >= 4 is 16.7 Å². The summed E-state index contributed by atoms with van der Waals surface area (Å²) in [7, 11) is 2.98. The Morgan fingerprint density at radius 3 is 2.55 bits per heavy atom. The summed E-state index contributed by atoms with van der Waals surface area (Å²) >= 11 is 0. The number of alkyl halides is 3. The first-order valence-corrected chi connectivity index (χ1v) is 8.65. The molecule has 7 nitrogen and oxygen atoms in total. The van der Waals surface area contributed by atoms with Crippen molar-refractivity contribution in [2.24, 2.45) is 7.05 Å². The number of aliphatic hydroxyl groups excluding tert-OH is 1. The highest BCUT2D eigenvalue weighted by Gasteiger charge is 2.30. The molecule has 154 valence electrons. The van der Waals surface area contributed by atoms with Gasteiger partial charge in [0, 0.05) is 32.5 Å². The highest BCUT2D eigenvalue weighted by molar-refractivity contribution is 5.98. The fourth-order valence-corrected chi connectivity index (χ4v) is 2.86. The van der Waals surface area contributed by atoms with Gasteiger partial charge in [-0.2, -0.15) is 13.2 Å². The third kappa shape index (κ3) is 4.38. The molecule has 3 rings (SSSR count). The third-order valence-electron chi connectivity index (χ3n) is 4.33. The maximum Gasteiger partial charge on any atom is 0.416 e. The summed E-state index contributed by atoms with van der Waals surface area (Å²) in [6.07, 6.45) is -2.49. The Labute approximate surface area is 163 Å². The minimum absolute atomic E-state index is 0.0909. The van der Waals surface area contributed by atoms with Gasteiger partial charge >= 0.3 is 6.18 Å². The number of anilines is 1. The second-order valence-electron chi connectivity index (χ2n) is 6.47. The number of rotatable bonds is 6. The fourth-order valence-electron chi connectivity index (χ4n) is 2.86. The molecule has 2 heterocycles. The average Bonchev–Trinajstić information content (AvgIpc) is 2.68. The standard InChI is InChI=1S/C19H19F3N4O3/c1-26-10-25-16-14(11-3-5-12(6-4-11)19(20,21)22)8-24-17(15(16)18(26)28)23-7-13(27)9-29-2/h3-6,8,10,13,27H,7,9H2,1-2H3,(H,23,24)/t13-/m0/s1. The topological polar surface area (TPSA) is 89.3 Å². The van der Waals surface area contributed by atoms with Gasteiger partial charge in [-0.05, 0) is 17.7 Å². The molecule has 2 N–H and O–H groups in total. The maximum absolute atomic E-state index is 12.8. The van der Waals surface area contributed by atoms with E-state index in [1.807, 2.05) is 0 Å². The number of fused-ring (bicyclic) bond motifs is 1. The summed E-state index contributed by atoms with van der Waals surface area (Å²) < 4.78 is 44.6. The Bertz CT molecular complexity index is 1070. The lowest BCUT2D eigenvalue weighted by atomic mass is 10.0. The van der Waals surface area contributed by atoms with E-state index < -0.39 is 17.8 Å². The SMILES string of the molecule is COC[C@@H](O)CNc1ncc(-c2ccc(C(F)(F)F)cc2)c2ncn(C)c(=O)c12. The molecule has 0 saturated carbocycles. The molecule has 0 aliphatic rings. The second-order valence-corrected chi connectivity index (χ2v) is 6.47. The molecule has 0 bridgehead atoms. The molecule has 0 spiro atoms. The lowest BCUT2D eigenvalue weighted by molar-refractivity contribution is -0.137. The Hall–Kier alpha value is -2.98. The van der Waals surface area contributed by atoms with Crippen LogP contribution in [0.15, 0.2) is 41.6 Å². The van der Waals surface area contributed by atoms with Gasteiger partial charge in [0.1, 0.15) is 11.2 Å². The largest absolute Gasteiger partial charge is 0.416 e. The zero-order valence-electron chi connectivity index (χ0n) is 15.7. The van der Waals surface area contributed by atoms with Crippen LogP contribution in [0, 0.1) is 0 Å². The van der Waals surface area contributed by atoms with Gasteiger partial charge in [0.15, 0.2) is 0 Å². The predicted molar refractivity (Wildman–Crippen MR) is 102 cm³/mol. The van der Waals surface area contributed by atoms with Gasteiger partial charge in [-0.3, -0.25) is 4.79 Å². The molecule has 10 heteroatoms. The van der Waals surface area contributed by atoms with Crippen LogP contribution in [0.3, 0.4) is 0 Å². The molecular weight excluding hydrogens is 389 g/mol. The first-order valence-electron chi connectivity index (χ1n) is 8.65. The first-order chi connectivity index (χ1) is 13.7. The summed E-state index contributed by atoms with van der Waals surface area (Å²) in [6, 6.07) is 4.56. The summed E-state index contributed by atoms with van der Waals surface area (Å²) in [4.78, 5) is 21.2. The second kappa shape index (κ2) is 8.18. The summed E-state index contributed by atoms with van der Waals surface area (Å²) in [6.45, 7) is 0.193. The van der Waals surface area contributed by atoms with Gasteiger partial charge in [0.05, 0.1) is 30.1 Å². The normalized spacial score (nSPS) is 12.9. The lowest BCUT2D eigenvalue weighted by Crippen LogP contribution is -2.26. The van der Waals surface area contributed by atoms with E-state index in [2.05, 4.69) is 15.3 Å². The lowest BCUT2D eigenvalue weighted by Gasteiger charge is -2.15. The van der Waals surface area contributed by atoms with Crippen molar-refractivity contribution in [3.63, 3.8) is 0 Å². The van der Waals surface area contributed by atoms with Crippen LogP contribution in [-0.4, -0.2) is 46.0 Å². The average molecular weight is 408 g/mol. The number of benzene rings is 1. The summed E-state index contributed by atoms with van der Waals surface area (Å²) in [5.74, 6) is 0.222. The quantitative estimate of drug-likeness (QED) is 0.651. The first kappa shape index (κ1) is 20.7. The number of aryl methyl sites for hydroxylation is 1. The van der Waals surface area contributed by atoms with Gasteiger partial charge < -0.3 is 19.7 Å². The molecule has 0 amide bonds. The van der Waals surface area contributed by atoms with Crippen LogP contribution in [0.1, 0.15) is 5.56 Å². The Morgan fingerprint density at radius 1 is 1.24 bits per heavy atom. The summed E-state index contributed by atoms with van der Waals surface area (Å²) in [5.41, 5.74) is 0.0241. The van der Waals surface area contributed by atoms with Crippen molar-refractivity contribution in [2.45, 2.75) is 12.3 Å². The number of aliphatic hydroxyl groups is 1. The number of aromatic nitrogens is 3. The number of nitrogens with zero attached hydrogens (tertiary/aromatic N) is 3. The van der Waals surface area contributed by atoms with Crippen molar-refractivity contribution in [3.8, 4) is 11.1 Å². The Kier molecular flexibility index (Phi) is 5.85. The summed E-state index contributed by atoms with van der Waals surface area (Å²) in [5, 5.41) is 12.9. The minimum atomic E-state index is -4.44. The zero-order valence-corrected chi connectivity index (χ0v) is 15.7. The Morgan fingerprint density at radius 2 is 1.93 bits per heavy atom. The van der Waals surface area contributed by atoms with Crippen molar-refractivity contribution in [1.29, 1.82) is 0 Å². The highest BCUT2D eigenvalue weighted by Crippen LogP contribution is 2.33. The molecule has 3 aromatic rings. The number of methoxy groups -OCH3 is 1. The number of hydrogen-bond donors (Lipinski definition) is 2. The van der Waals surface area contributed by atoms with E-state index in [0.717, 1.165) is 12.1 Å². The van der Waals surface area contributed by atoms with Crippen LogP contribution in [0.4, 0.5) is 19.0 Å². The van der Waals surface area contributed by atoms with Crippen LogP contribution in [0.5, 0.6) is 0 Å². The molecule has 2 aromatic heterocycles. The van der Waals surface area contributed by atoms with E-state index in [1.54, 1.807) is 0 Å². The van der Waals surface area contributed by atoms with E-state index in [1.165, 1.54) is 43.4 Å². The van der Waals surface area contributed by atoms with Crippen LogP contribution in [-0.2, 0) is 18.0 Å². The van der Waals surface area contributed by atoms with Crippen molar-refractivity contribution < 1.29 is 23.0 Å². The van der Waals surface area contributed by atoms with Gasteiger partial charge in [-0.15, -0.1) is 0 Å². The van der Waals surface area contributed by atoms with Crippen LogP contribution in [0.25, 0.3) is 22.0 Å². The van der Waals surface area contributed by atoms with Gasteiger partial charge in [0.2, 0.25) is 0 Å². The van der Waals surface area contributed by atoms with Crippen LogP contribution < -0.4 is 10.9 Å². The molecule has 0 aliphatic carbocycles. The van der Waals surface area contributed by atoms with Crippen molar-refractivity contribution in [1.82, 2.24) is 14.5 Å². The van der Waals surface area contributed by atoms with Gasteiger partial charge in [-0.25, -0.2) is 9.97 Å². The molecule has 0 aliphatic heterocycles. The van der Waals surface area contributed by atoms with E-state index in [9.17, 15) is 23.1 Å². The van der Waals surface area contributed by atoms with E-state index in [-0.39, 0.29) is 29.9 Å². The molecule has 0 saturated heterocycles. The number of ether oxygens (including phenoxy) is 1. The fraction of sp³-hybridized carbons (Fsp3) is 0.316. The monoisotopic (exact) mass is 408 g/mol. The van der Waals surface area contributed by atoms with Crippen molar-refractivity contribution in [3.05, 3.63) is 52.7 Å². The van der Waals surface area contributed by atoms with Crippen LogP contribution >= 0.6 is 0 Å². The van der Waals surface area contributed by atoms with Crippen LogP contribution in [0.2, 0.25) is 0 Å². The molecular formula is C19H19F3N4O3. The van der Waals surface area contributed by atoms with Gasteiger partial charge in [0.25, 0.3) is 5.56 Å². The van der Waals surface area contributed by atoms with Gasteiger partial charge in [-0.1, -0.05) is 12.1 Å². The highest BCUT2D eigenvalue weighted by atomic mass is 19.4.